The first-order valence-corrected chi connectivity index (χ1v) is 9.95. The summed E-state index contributed by atoms with van der Waals surface area (Å²) in [5, 5.41) is 7.87. The Kier molecular flexibility index (Phi) is 4.63. The summed E-state index contributed by atoms with van der Waals surface area (Å²) in [7, 11) is 0. The molecule has 1 unspecified atom stereocenters. The Morgan fingerprint density at radius 3 is 2.76 bits per heavy atom. The Bertz CT molecular complexity index is 737. The van der Waals surface area contributed by atoms with Crippen molar-refractivity contribution in [2.24, 2.45) is 11.1 Å². The zero-order valence-electron chi connectivity index (χ0n) is 14.4. The van der Waals surface area contributed by atoms with Crippen LogP contribution in [0.1, 0.15) is 40.7 Å². The third-order valence-electron chi connectivity index (χ3n) is 5.75. The maximum absolute atomic E-state index is 11.5. The fourth-order valence-corrected chi connectivity index (χ4v) is 4.92. The van der Waals surface area contributed by atoms with Crippen LogP contribution in [-0.2, 0) is 13.1 Å². The number of nitrogens with one attached hydrogen (secondary N) is 1. The van der Waals surface area contributed by atoms with Gasteiger partial charge in [0.25, 0.3) is 0 Å². The number of hydrogen-bond donors (Lipinski definition) is 2. The highest BCUT2D eigenvalue weighted by molar-refractivity contribution is 7.07. The Hall–Kier alpha value is -1.69. The maximum Gasteiger partial charge on any atom is 0.248 e. The van der Waals surface area contributed by atoms with Crippen LogP contribution in [0.3, 0.4) is 0 Å². The van der Waals surface area contributed by atoms with Crippen molar-refractivity contribution >= 4 is 17.2 Å². The van der Waals surface area contributed by atoms with Crippen molar-refractivity contribution in [1.29, 1.82) is 0 Å². The molecule has 1 aliphatic heterocycles. The van der Waals surface area contributed by atoms with Crippen LogP contribution in [0.15, 0.2) is 41.1 Å². The van der Waals surface area contributed by atoms with E-state index in [0.29, 0.717) is 17.0 Å². The third-order valence-corrected chi connectivity index (χ3v) is 6.48. The van der Waals surface area contributed by atoms with Crippen molar-refractivity contribution < 1.29 is 4.79 Å². The van der Waals surface area contributed by atoms with E-state index in [1.54, 1.807) is 17.4 Å². The molecule has 3 N–H and O–H groups in total. The average Bonchev–Trinajstić information content (AvgIpc) is 3.05. The highest BCUT2D eigenvalue weighted by Gasteiger charge is 2.56. The highest BCUT2D eigenvalue weighted by atomic mass is 32.1. The van der Waals surface area contributed by atoms with E-state index in [2.05, 4.69) is 33.1 Å². The molecule has 1 spiro atoms. The second kappa shape index (κ2) is 6.90. The topological polar surface area (TPSA) is 58.4 Å². The van der Waals surface area contributed by atoms with Gasteiger partial charge in [0.2, 0.25) is 5.91 Å². The van der Waals surface area contributed by atoms with Gasteiger partial charge in [0.1, 0.15) is 0 Å². The molecule has 1 amide bonds. The maximum atomic E-state index is 11.5. The van der Waals surface area contributed by atoms with Crippen molar-refractivity contribution in [3.8, 4) is 0 Å². The van der Waals surface area contributed by atoms with Crippen LogP contribution < -0.4 is 11.1 Å². The van der Waals surface area contributed by atoms with Gasteiger partial charge in [0.15, 0.2) is 0 Å². The number of piperidine rings is 1. The van der Waals surface area contributed by atoms with Crippen LogP contribution >= 0.6 is 11.3 Å². The van der Waals surface area contributed by atoms with Gasteiger partial charge in [0, 0.05) is 24.7 Å². The predicted octanol–water partition coefficient (Wildman–Crippen LogP) is 2.99. The first-order valence-electron chi connectivity index (χ1n) is 9.01. The van der Waals surface area contributed by atoms with Gasteiger partial charge in [-0.25, -0.2) is 0 Å². The van der Waals surface area contributed by atoms with Crippen LogP contribution in [0.5, 0.6) is 0 Å². The van der Waals surface area contributed by atoms with Crippen LogP contribution in [-0.4, -0.2) is 29.9 Å². The van der Waals surface area contributed by atoms with E-state index in [4.69, 9.17) is 5.73 Å². The summed E-state index contributed by atoms with van der Waals surface area (Å²) in [6, 6.07) is 10.6. The normalized spacial score (nSPS) is 21.6. The number of benzene rings is 1. The molecule has 1 saturated carbocycles. The van der Waals surface area contributed by atoms with E-state index in [1.165, 1.54) is 30.4 Å². The van der Waals surface area contributed by atoms with E-state index in [0.717, 1.165) is 26.2 Å². The number of nitrogens with zero attached hydrogens (tertiary/aromatic N) is 1. The molecule has 1 aromatic heterocycles. The molecule has 1 aliphatic carbocycles. The molecule has 2 aromatic rings. The Labute approximate surface area is 153 Å². The van der Waals surface area contributed by atoms with Crippen molar-refractivity contribution in [2.75, 3.05) is 13.1 Å². The minimum absolute atomic E-state index is 0.354. The number of carbonyl (C=O) groups is 1. The van der Waals surface area contributed by atoms with Crippen LogP contribution in [0, 0.1) is 5.41 Å². The van der Waals surface area contributed by atoms with Crippen molar-refractivity contribution in [1.82, 2.24) is 10.2 Å². The lowest BCUT2D eigenvalue weighted by Crippen LogP contribution is -2.35. The Balaban J connectivity index is 1.53. The molecule has 0 bridgehead atoms. The van der Waals surface area contributed by atoms with E-state index in [1.807, 2.05) is 12.1 Å². The molecule has 2 aliphatic rings. The Morgan fingerprint density at radius 2 is 2.04 bits per heavy atom. The van der Waals surface area contributed by atoms with E-state index >= 15 is 0 Å². The molecule has 2 heterocycles. The zero-order valence-corrected chi connectivity index (χ0v) is 15.2. The van der Waals surface area contributed by atoms with E-state index < -0.39 is 0 Å². The molecule has 4 rings (SSSR count). The number of hydrogen-bond acceptors (Lipinski definition) is 4. The number of carbonyl (C=O) groups excluding carboxylic acids is 1. The lowest BCUT2D eigenvalue weighted by Gasteiger charge is -2.29. The van der Waals surface area contributed by atoms with Crippen molar-refractivity contribution in [3.05, 3.63) is 57.8 Å². The quantitative estimate of drug-likeness (QED) is 0.837. The smallest absolute Gasteiger partial charge is 0.248 e. The first-order chi connectivity index (χ1) is 12.2. The molecule has 1 atom stereocenters. The standard InChI is InChI=1S/C20H25N3OS/c21-19(24)17-3-1-2-15(10-17)12-23(13-16-4-9-25-14-16)18-11-20(18)5-7-22-8-6-20/h1-4,9-10,14,18,22H,5-8,11-13H2,(H2,21,24). The summed E-state index contributed by atoms with van der Waals surface area (Å²) < 4.78 is 0. The van der Waals surface area contributed by atoms with Gasteiger partial charge in [-0.15, -0.1) is 0 Å². The molecule has 132 valence electrons. The largest absolute Gasteiger partial charge is 0.366 e. The van der Waals surface area contributed by atoms with Gasteiger partial charge >= 0.3 is 0 Å². The molecule has 1 aromatic carbocycles. The van der Waals surface area contributed by atoms with Crippen LogP contribution in [0.4, 0.5) is 0 Å². The molecule has 1 saturated heterocycles. The summed E-state index contributed by atoms with van der Waals surface area (Å²) in [5.41, 5.74) is 9.10. The third kappa shape index (κ3) is 3.64. The second-order valence-corrected chi connectivity index (χ2v) is 8.21. The van der Waals surface area contributed by atoms with Gasteiger partial charge < -0.3 is 11.1 Å². The number of nitrogens with two attached hydrogens (primary N) is 1. The van der Waals surface area contributed by atoms with E-state index in [-0.39, 0.29) is 5.91 Å². The van der Waals surface area contributed by atoms with Gasteiger partial charge in [-0.1, -0.05) is 12.1 Å². The predicted molar refractivity (Wildman–Crippen MR) is 101 cm³/mol. The second-order valence-electron chi connectivity index (χ2n) is 7.43. The molecular formula is C20H25N3OS. The lowest BCUT2D eigenvalue weighted by atomic mass is 9.93. The van der Waals surface area contributed by atoms with Crippen LogP contribution in [0.2, 0.25) is 0 Å². The molecular weight excluding hydrogens is 330 g/mol. The molecule has 4 nitrogen and oxygen atoms in total. The average molecular weight is 356 g/mol. The number of rotatable bonds is 6. The Morgan fingerprint density at radius 1 is 1.24 bits per heavy atom. The minimum atomic E-state index is -0.354. The van der Waals surface area contributed by atoms with Crippen molar-refractivity contribution in [2.45, 2.75) is 38.4 Å². The highest BCUT2D eigenvalue weighted by Crippen LogP contribution is 2.56. The minimum Gasteiger partial charge on any atom is -0.366 e. The number of amides is 1. The summed E-state index contributed by atoms with van der Waals surface area (Å²) in [4.78, 5) is 14.1. The first kappa shape index (κ1) is 16.8. The fraction of sp³-hybridized carbons (Fsp3) is 0.450. The van der Waals surface area contributed by atoms with Crippen molar-refractivity contribution in [3.63, 3.8) is 0 Å². The monoisotopic (exact) mass is 355 g/mol. The SMILES string of the molecule is NC(=O)c1cccc(CN(Cc2ccsc2)C2CC23CCNCC3)c1. The summed E-state index contributed by atoms with van der Waals surface area (Å²) in [6.07, 6.45) is 3.85. The summed E-state index contributed by atoms with van der Waals surface area (Å²) in [5.74, 6) is -0.354. The molecule has 0 radical (unpaired) electrons. The van der Waals surface area contributed by atoms with Gasteiger partial charge in [-0.2, -0.15) is 11.3 Å². The lowest BCUT2D eigenvalue weighted by molar-refractivity contribution is 0.1000. The zero-order chi connectivity index (χ0) is 17.3. The van der Waals surface area contributed by atoms with E-state index in [9.17, 15) is 4.79 Å². The van der Waals surface area contributed by atoms with Gasteiger partial charge in [-0.05, 0) is 77.9 Å². The number of primary amides is 1. The fourth-order valence-electron chi connectivity index (χ4n) is 4.26. The summed E-state index contributed by atoms with van der Waals surface area (Å²) >= 11 is 1.76. The summed E-state index contributed by atoms with van der Waals surface area (Å²) in [6.45, 7) is 4.13. The van der Waals surface area contributed by atoms with Gasteiger partial charge in [0.05, 0.1) is 0 Å². The van der Waals surface area contributed by atoms with Crippen LogP contribution in [0.25, 0.3) is 0 Å². The molecule has 25 heavy (non-hydrogen) atoms. The van der Waals surface area contributed by atoms with Gasteiger partial charge in [-0.3, -0.25) is 9.69 Å². The molecule has 2 fully saturated rings. The number of thiophene rings is 1. The molecule has 5 heteroatoms.